The first-order valence-corrected chi connectivity index (χ1v) is 11.7. The highest BCUT2D eigenvalue weighted by molar-refractivity contribution is 8.02. The third-order valence-electron chi connectivity index (χ3n) is 4.39. The lowest BCUT2D eigenvalue weighted by Crippen LogP contribution is -2.39. The molecule has 0 saturated carbocycles. The minimum absolute atomic E-state index is 0.420. The molecule has 0 spiro atoms. The van der Waals surface area contributed by atoms with Crippen LogP contribution in [0.25, 0.3) is 5.70 Å². The van der Waals surface area contributed by atoms with E-state index >= 15 is 0 Å². The van der Waals surface area contributed by atoms with Crippen LogP contribution in [-0.2, 0) is 4.79 Å². The second-order valence-electron chi connectivity index (χ2n) is 6.83. The summed E-state index contributed by atoms with van der Waals surface area (Å²) in [5.41, 5.74) is 3.04. The molecule has 0 aromatic carbocycles. The number of hydrogen-bond acceptors (Lipinski definition) is 8. The number of carbonyl (C=O) groups excluding carboxylic acids is 1. The van der Waals surface area contributed by atoms with E-state index in [1.54, 1.807) is 23.1 Å². The number of amides is 1. The van der Waals surface area contributed by atoms with Gasteiger partial charge in [-0.1, -0.05) is 6.07 Å². The lowest BCUT2D eigenvalue weighted by molar-refractivity contribution is -0.110. The SMILES string of the molecule is C=N/C(=C\SCNc1ccc(C)cn1)c1sc(C)nc1C.O=CNC1CCNCC1. The molecule has 1 saturated heterocycles. The summed E-state index contributed by atoms with van der Waals surface area (Å²) in [6.07, 6.45) is 4.77. The third-order valence-corrected chi connectivity index (χ3v) is 6.19. The number of thioether (sulfide) groups is 1. The number of aryl methyl sites for hydroxylation is 3. The zero-order valence-corrected chi connectivity index (χ0v) is 19.4. The van der Waals surface area contributed by atoms with Crippen LogP contribution in [-0.4, -0.2) is 48.1 Å². The summed E-state index contributed by atoms with van der Waals surface area (Å²) >= 11 is 3.27. The molecule has 162 valence electrons. The van der Waals surface area contributed by atoms with Crippen molar-refractivity contribution in [2.45, 2.75) is 39.7 Å². The van der Waals surface area contributed by atoms with Gasteiger partial charge in [-0.3, -0.25) is 9.79 Å². The maximum Gasteiger partial charge on any atom is 0.207 e. The van der Waals surface area contributed by atoms with E-state index in [0.717, 1.165) is 70.9 Å². The highest BCUT2D eigenvalue weighted by atomic mass is 32.2. The third kappa shape index (κ3) is 8.25. The molecule has 9 heteroatoms. The molecule has 0 aliphatic carbocycles. The first kappa shape index (κ1) is 24.0. The Morgan fingerprint density at radius 3 is 2.70 bits per heavy atom. The van der Waals surface area contributed by atoms with Crippen LogP contribution in [0.1, 0.15) is 34.0 Å². The number of nitrogens with zero attached hydrogens (tertiary/aromatic N) is 3. The minimum atomic E-state index is 0.420. The van der Waals surface area contributed by atoms with E-state index in [4.69, 9.17) is 0 Å². The Morgan fingerprint density at radius 1 is 1.37 bits per heavy atom. The van der Waals surface area contributed by atoms with E-state index in [1.807, 2.05) is 44.5 Å². The van der Waals surface area contributed by atoms with Gasteiger partial charge in [0.1, 0.15) is 5.82 Å². The van der Waals surface area contributed by atoms with E-state index in [2.05, 4.69) is 37.6 Å². The van der Waals surface area contributed by atoms with Gasteiger partial charge in [0, 0.05) is 12.2 Å². The molecule has 1 aliphatic rings. The van der Waals surface area contributed by atoms with E-state index in [0.29, 0.717) is 6.04 Å². The zero-order valence-electron chi connectivity index (χ0n) is 17.8. The Labute approximate surface area is 186 Å². The van der Waals surface area contributed by atoms with Gasteiger partial charge >= 0.3 is 0 Å². The van der Waals surface area contributed by atoms with Crippen molar-refractivity contribution in [1.29, 1.82) is 0 Å². The minimum Gasteiger partial charge on any atom is -0.361 e. The Hall–Kier alpha value is -2.23. The number of piperidine rings is 1. The van der Waals surface area contributed by atoms with Crippen molar-refractivity contribution in [3.8, 4) is 0 Å². The summed E-state index contributed by atoms with van der Waals surface area (Å²) in [5.74, 6) is 1.60. The number of anilines is 1. The van der Waals surface area contributed by atoms with Gasteiger partial charge in [0.2, 0.25) is 6.41 Å². The average Bonchev–Trinajstić information content (AvgIpc) is 3.09. The molecule has 7 nitrogen and oxygen atoms in total. The maximum atomic E-state index is 9.94. The number of aliphatic imine (C=N–C) groups is 1. The largest absolute Gasteiger partial charge is 0.361 e. The Balaban J connectivity index is 0.000000297. The molecule has 30 heavy (non-hydrogen) atoms. The Bertz CT molecular complexity index is 829. The quantitative estimate of drug-likeness (QED) is 0.248. The molecular formula is C21H30N6OS2. The van der Waals surface area contributed by atoms with Crippen molar-refractivity contribution in [2.75, 3.05) is 24.3 Å². The normalized spacial score (nSPS) is 14.4. The number of pyridine rings is 1. The molecule has 0 bridgehead atoms. The number of nitrogens with one attached hydrogen (secondary N) is 3. The van der Waals surface area contributed by atoms with E-state index in [9.17, 15) is 4.79 Å². The van der Waals surface area contributed by atoms with Gasteiger partial charge in [-0.2, -0.15) is 0 Å². The fourth-order valence-electron chi connectivity index (χ4n) is 2.82. The molecular weight excluding hydrogens is 416 g/mol. The van der Waals surface area contributed by atoms with E-state index in [-0.39, 0.29) is 0 Å². The van der Waals surface area contributed by atoms with Crippen molar-refractivity contribution in [3.63, 3.8) is 0 Å². The predicted octanol–water partition coefficient (Wildman–Crippen LogP) is 3.75. The van der Waals surface area contributed by atoms with Crippen LogP contribution in [0, 0.1) is 20.8 Å². The van der Waals surface area contributed by atoms with Crippen LogP contribution in [0.4, 0.5) is 5.82 Å². The molecule has 1 fully saturated rings. The van der Waals surface area contributed by atoms with Gasteiger partial charge in [-0.05, 0) is 70.5 Å². The number of thiazole rings is 1. The topological polar surface area (TPSA) is 91.3 Å². The van der Waals surface area contributed by atoms with Crippen LogP contribution >= 0.6 is 23.1 Å². The number of carbonyl (C=O) groups is 1. The summed E-state index contributed by atoms with van der Waals surface area (Å²) < 4.78 is 0. The van der Waals surface area contributed by atoms with Crippen molar-refractivity contribution < 1.29 is 4.79 Å². The summed E-state index contributed by atoms with van der Waals surface area (Å²) in [5, 5.41) is 12.3. The number of rotatable bonds is 8. The fourth-order valence-corrected chi connectivity index (χ4v) is 4.46. The summed E-state index contributed by atoms with van der Waals surface area (Å²) in [7, 11) is 0. The van der Waals surface area contributed by atoms with Crippen molar-refractivity contribution in [1.82, 2.24) is 20.6 Å². The highest BCUT2D eigenvalue weighted by Crippen LogP contribution is 2.28. The Kier molecular flexibility index (Phi) is 10.5. The van der Waals surface area contributed by atoms with Gasteiger partial charge in [0.05, 0.1) is 27.2 Å². The summed E-state index contributed by atoms with van der Waals surface area (Å²) in [6, 6.07) is 4.43. The number of aromatic nitrogens is 2. The standard InChI is InChI=1S/C15H18N4S2.C6H12N2O/c1-10-5-6-14(17-7-10)18-9-20-8-13(16-4)15-11(2)19-12(3)21-15;9-5-8-6-1-3-7-4-2-6/h5-8H,4,9H2,1-3H3,(H,17,18);5-7H,1-4H2,(H,8,9)/b13-8-;. The fraction of sp³-hybridized carbons (Fsp3) is 0.429. The molecule has 0 atom stereocenters. The maximum absolute atomic E-state index is 9.94. The van der Waals surface area contributed by atoms with E-state index < -0.39 is 0 Å². The second kappa shape index (κ2) is 13.1. The molecule has 2 aromatic rings. The molecule has 2 aromatic heterocycles. The van der Waals surface area contributed by atoms with Gasteiger partial charge in [0.15, 0.2) is 0 Å². The van der Waals surface area contributed by atoms with Crippen LogP contribution in [0.2, 0.25) is 0 Å². The van der Waals surface area contributed by atoms with Crippen LogP contribution < -0.4 is 16.0 Å². The second-order valence-corrected chi connectivity index (χ2v) is 8.89. The average molecular weight is 447 g/mol. The highest BCUT2D eigenvalue weighted by Gasteiger charge is 2.10. The smallest absolute Gasteiger partial charge is 0.207 e. The van der Waals surface area contributed by atoms with Crippen LogP contribution in [0.5, 0.6) is 0 Å². The molecule has 3 N–H and O–H groups in total. The summed E-state index contributed by atoms with van der Waals surface area (Å²) in [6.45, 7) is 11.7. The Morgan fingerprint density at radius 2 is 2.13 bits per heavy atom. The van der Waals surface area contributed by atoms with Crippen molar-refractivity contribution in [2.24, 2.45) is 4.99 Å². The zero-order chi connectivity index (χ0) is 21.8. The molecule has 3 heterocycles. The van der Waals surface area contributed by atoms with Gasteiger partial charge in [0.25, 0.3) is 0 Å². The first-order valence-electron chi connectivity index (χ1n) is 9.83. The van der Waals surface area contributed by atoms with Crippen molar-refractivity contribution >= 4 is 47.7 Å². The first-order chi connectivity index (χ1) is 14.5. The van der Waals surface area contributed by atoms with E-state index in [1.165, 1.54) is 0 Å². The predicted molar refractivity (Wildman–Crippen MR) is 129 cm³/mol. The summed E-state index contributed by atoms with van der Waals surface area (Å²) in [4.78, 5) is 23.9. The number of hydrogen-bond donors (Lipinski definition) is 3. The molecule has 0 unspecified atom stereocenters. The van der Waals surface area contributed by atoms with Gasteiger partial charge in [-0.15, -0.1) is 23.1 Å². The van der Waals surface area contributed by atoms with Crippen LogP contribution in [0.15, 0.2) is 28.7 Å². The monoisotopic (exact) mass is 446 g/mol. The molecule has 1 amide bonds. The van der Waals surface area contributed by atoms with Crippen LogP contribution in [0.3, 0.4) is 0 Å². The van der Waals surface area contributed by atoms with Gasteiger partial charge < -0.3 is 16.0 Å². The van der Waals surface area contributed by atoms with Gasteiger partial charge in [-0.25, -0.2) is 9.97 Å². The molecule has 1 aliphatic heterocycles. The van der Waals surface area contributed by atoms with Crippen molar-refractivity contribution in [3.05, 3.63) is 44.9 Å². The molecule has 0 radical (unpaired) electrons. The lowest BCUT2D eigenvalue weighted by Gasteiger charge is -2.21. The molecule has 3 rings (SSSR count). The lowest BCUT2D eigenvalue weighted by atomic mass is 10.1.